The van der Waals surface area contributed by atoms with Gasteiger partial charge in [0.05, 0.1) is 5.56 Å². The maximum Gasteiger partial charge on any atom is 0.416 e. The van der Waals surface area contributed by atoms with Crippen molar-refractivity contribution in [1.82, 2.24) is 15.0 Å². The normalized spacial score (nSPS) is 11.5. The van der Waals surface area contributed by atoms with Gasteiger partial charge in [-0.05, 0) is 48.4 Å². The summed E-state index contributed by atoms with van der Waals surface area (Å²) in [6.45, 7) is 1.85. The van der Waals surface area contributed by atoms with Crippen LogP contribution in [0.5, 0.6) is 0 Å². The quantitative estimate of drug-likeness (QED) is 0.400. The number of pyridine rings is 3. The molecule has 10 heteroatoms. The summed E-state index contributed by atoms with van der Waals surface area (Å²) in [5.41, 5.74) is 1.42. The number of aryl methyl sites for hydroxylation is 1. The van der Waals surface area contributed by atoms with Crippen LogP contribution in [0, 0.1) is 12.7 Å². The summed E-state index contributed by atoms with van der Waals surface area (Å²) in [5.74, 6) is -1.25. The van der Waals surface area contributed by atoms with Crippen molar-refractivity contribution < 1.29 is 22.4 Å². The Hall–Kier alpha value is -4.08. The molecule has 0 saturated carbocycles. The van der Waals surface area contributed by atoms with Crippen molar-refractivity contribution in [3.05, 3.63) is 77.6 Å². The first-order valence-electron chi connectivity index (χ1n) is 9.75. The first-order chi connectivity index (χ1) is 15.7. The number of hydrogen-bond donors (Lipinski definition) is 2. The Morgan fingerprint density at radius 3 is 2.52 bits per heavy atom. The lowest BCUT2D eigenvalue weighted by molar-refractivity contribution is -0.137. The Kier molecular flexibility index (Phi) is 5.67. The van der Waals surface area contributed by atoms with Crippen molar-refractivity contribution in [3.8, 4) is 11.1 Å². The standard InChI is InChI=1S/C23H17F4N5O/c1-12-3-4-16(32-22(33)18-8-15(5-6-29-18)23(25,26)27)9-17(12)13-7-14-11-31-21(28-2)19(24)20(14)30-10-13/h3-11H,1-2H3,(H,28,31)(H,32,33). The highest BCUT2D eigenvalue weighted by molar-refractivity contribution is 6.03. The molecule has 0 radical (unpaired) electrons. The summed E-state index contributed by atoms with van der Waals surface area (Å²) in [6, 6.07) is 8.25. The second kappa shape index (κ2) is 8.45. The fraction of sp³-hybridized carbons (Fsp3) is 0.130. The molecule has 3 aromatic heterocycles. The molecule has 0 aliphatic heterocycles. The highest BCUT2D eigenvalue weighted by Gasteiger charge is 2.31. The van der Waals surface area contributed by atoms with Crippen LogP contribution in [0.4, 0.5) is 29.1 Å². The third-order valence-electron chi connectivity index (χ3n) is 5.03. The van der Waals surface area contributed by atoms with Gasteiger partial charge in [-0.15, -0.1) is 0 Å². The SMILES string of the molecule is CNc1ncc2cc(-c3cc(NC(=O)c4cc(C(F)(F)F)ccn4)ccc3C)cnc2c1F. The molecule has 168 valence electrons. The van der Waals surface area contributed by atoms with Gasteiger partial charge in [0.25, 0.3) is 5.91 Å². The zero-order chi connectivity index (χ0) is 23.8. The number of amides is 1. The van der Waals surface area contributed by atoms with Gasteiger partial charge < -0.3 is 10.6 Å². The van der Waals surface area contributed by atoms with Gasteiger partial charge in [0.2, 0.25) is 0 Å². The number of aromatic nitrogens is 3. The molecule has 0 spiro atoms. The fourth-order valence-corrected chi connectivity index (χ4v) is 3.33. The first-order valence-corrected chi connectivity index (χ1v) is 9.75. The molecular weight excluding hydrogens is 438 g/mol. The molecule has 0 unspecified atom stereocenters. The second-order valence-corrected chi connectivity index (χ2v) is 7.24. The van der Waals surface area contributed by atoms with E-state index in [9.17, 15) is 22.4 Å². The zero-order valence-electron chi connectivity index (χ0n) is 17.5. The summed E-state index contributed by atoms with van der Waals surface area (Å²) < 4.78 is 53.2. The molecule has 0 fully saturated rings. The molecule has 0 bridgehead atoms. The number of carbonyl (C=O) groups excluding carboxylic acids is 1. The smallest absolute Gasteiger partial charge is 0.371 e. The van der Waals surface area contributed by atoms with Crippen molar-refractivity contribution in [2.24, 2.45) is 0 Å². The molecule has 33 heavy (non-hydrogen) atoms. The van der Waals surface area contributed by atoms with Crippen LogP contribution >= 0.6 is 0 Å². The Morgan fingerprint density at radius 2 is 1.79 bits per heavy atom. The molecule has 0 aliphatic carbocycles. The third-order valence-corrected chi connectivity index (χ3v) is 5.03. The highest BCUT2D eigenvalue weighted by Crippen LogP contribution is 2.31. The van der Waals surface area contributed by atoms with Crippen LogP contribution in [-0.4, -0.2) is 27.9 Å². The fourth-order valence-electron chi connectivity index (χ4n) is 3.33. The van der Waals surface area contributed by atoms with E-state index in [1.54, 1.807) is 31.3 Å². The lowest BCUT2D eigenvalue weighted by atomic mass is 10.00. The van der Waals surface area contributed by atoms with E-state index in [0.29, 0.717) is 28.3 Å². The van der Waals surface area contributed by atoms with Gasteiger partial charge in [-0.1, -0.05) is 6.07 Å². The van der Waals surface area contributed by atoms with Crippen LogP contribution in [0.25, 0.3) is 22.0 Å². The Bertz CT molecular complexity index is 1370. The number of nitrogens with one attached hydrogen (secondary N) is 2. The molecule has 1 amide bonds. The molecule has 0 atom stereocenters. The minimum absolute atomic E-state index is 0.0897. The van der Waals surface area contributed by atoms with E-state index in [2.05, 4.69) is 25.6 Å². The monoisotopic (exact) mass is 455 g/mol. The van der Waals surface area contributed by atoms with Crippen LogP contribution in [0.2, 0.25) is 0 Å². The maximum absolute atomic E-state index is 14.4. The van der Waals surface area contributed by atoms with Gasteiger partial charge in [-0.3, -0.25) is 14.8 Å². The van der Waals surface area contributed by atoms with E-state index in [0.717, 1.165) is 17.8 Å². The number of carbonyl (C=O) groups is 1. The topological polar surface area (TPSA) is 79.8 Å². The number of benzene rings is 1. The number of anilines is 2. The van der Waals surface area contributed by atoms with E-state index < -0.39 is 23.5 Å². The number of alkyl halides is 3. The summed E-state index contributed by atoms with van der Waals surface area (Å²) in [6.07, 6.45) is -0.639. The van der Waals surface area contributed by atoms with Crippen molar-refractivity contribution in [1.29, 1.82) is 0 Å². The van der Waals surface area contributed by atoms with Gasteiger partial charge in [-0.2, -0.15) is 13.2 Å². The van der Waals surface area contributed by atoms with E-state index >= 15 is 0 Å². The molecule has 0 aliphatic rings. The number of fused-ring (bicyclic) bond motifs is 1. The molecule has 3 heterocycles. The minimum Gasteiger partial charge on any atom is -0.371 e. The van der Waals surface area contributed by atoms with Crippen LogP contribution in [0.1, 0.15) is 21.6 Å². The van der Waals surface area contributed by atoms with Gasteiger partial charge in [0.1, 0.15) is 11.2 Å². The summed E-state index contributed by atoms with van der Waals surface area (Å²) in [7, 11) is 1.56. The Balaban J connectivity index is 1.65. The van der Waals surface area contributed by atoms with Crippen LogP contribution in [0.3, 0.4) is 0 Å². The number of rotatable bonds is 4. The second-order valence-electron chi connectivity index (χ2n) is 7.24. The number of halogens is 4. The molecule has 0 saturated heterocycles. The highest BCUT2D eigenvalue weighted by atomic mass is 19.4. The Morgan fingerprint density at radius 1 is 1.00 bits per heavy atom. The van der Waals surface area contributed by atoms with Gasteiger partial charge in [0, 0.05) is 42.3 Å². The van der Waals surface area contributed by atoms with E-state index in [1.807, 2.05) is 6.92 Å². The lowest BCUT2D eigenvalue weighted by Gasteiger charge is -2.12. The number of hydrogen-bond acceptors (Lipinski definition) is 5. The third kappa shape index (κ3) is 4.45. The predicted octanol–water partition coefficient (Wildman–Crippen LogP) is 5.45. The van der Waals surface area contributed by atoms with Crippen molar-refractivity contribution in [2.45, 2.75) is 13.1 Å². The van der Waals surface area contributed by atoms with Crippen LogP contribution in [-0.2, 0) is 6.18 Å². The molecule has 4 rings (SSSR count). The van der Waals surface area contributed by atoms with E-state index in [-0.39, 0.29) is 17.0 Å². The summed E-state index contributed by atoms with van der Waals surface area (Å²) >= 11 is 0. The first kappa shape index (κ1) is 22.1. The molecule has 1 aromatic carbocycles. The van der Waals surface area contributed by atoms with Crippen LogP contribution < -0.4 is 10.6 Å². The largest absolute Gasteiger partial charge is 0.416 e. The average molecular weight is 455 g/mol. The van der Waals surface area contributed by atoms with Crippen LogP contribution in [0.15, 0.2) is 55.0 Å². The molecule has 4 aromatic rings. The van der Waals surface area contributed by atoms with Gasteiger partial charge in [0.15, 0.2) is 11.6 Å². The minimum atomic E-state index is -4.58. The lowest BCUT2D eigenvalue weighted by Crippen LogP contribution is -2.15. The average Bonchev–Trinajstić information content (AvgIpc) is 2.80. The molecule has 6 nitrogen and oxygen atoms in total. The van der Waals surface area contributed by atoms with Crippen molar-refractivity contribution in [3.63, 3.8) is 0 Å². The van der Waals surface area contributed by atoms with E-state index in [1.165, 1.54) is 12.4 Å². The summed E-state index contributed by atoms with van der Waals surface area (Å²) in [4.78, 5) is 24.5. The summed E-state index contributed by atoms with van der Waals surface area (Å²) in [5, 5.41) is 5.72. The molecule has 2 N–H and O–H groups in total. The van der Waals surface area contributed by atoms with Crippen molar-refractivity contribution >= 4 is 28.3 Å². The number of nitrogens with zero attached hydrogens (tertiary/aromatic N) is 3. The zero-order valence-corrected chi connectivity index (χ0v) is 17.5. The Labute approximate surface area is 185 Å². The molecular formula is C23H17F4N5O. The van der Waals surface area contributed by atoms with E-state index in [4.69, 9.17) is 0 Å². The maximum atomic E-state index is 14.4. The van der Waals surface area contributed by atoms with Gasteiger partial charge in [-0.25, -0.2) is 9.37 Å². The van der Waals surface area contributed by atoms with Gasteiger partial charge >= 0.3 is 6.18 Å². The predicted molar refractivity (Wildman–Crippen MR) is 116 cm³/mol. The van der Waals surface area contributed by atoms with Crippen molar-refractivity contribution in [2.75, 3.05) is 17.7 Å².